The number of hydrogen-bond donors (Lipinski definition) is 1. The van der Waals surface area contributed by atoms with E-state index in [1.54, 1.807) is 0 Å². The summed E-state index contributed by atoms with van der Waals surface area (Å²) in [7, 11) is 0. The summed E-state index contributed by atoms with van der Waals surface area (Å²) in [5.74, 6) is -0.299. The number of nitrogens with zero attached hydrogens (tertiary/aromatic N) is 2. The van der Waals surface area contributed by atoms with Gasteiger partial charge >= 0.3 is 5.88 Å². The molecule has 0 atom stereocenters. The molecule has 7 heteroatoms. The SMILES string of the molecule is CCCCCCCC(=O)N/N=C\c1ccc([N+](=O)[O-])o1. The Kier molecular flexibility index (Phi) is 7.02. The van der Waals surface area contributed by atoms with E-state index in [1.165, 1.54) is 31.2 Å². The number of hydrazone groups is 1. The molecule has 20 heavy (non-hydrogen) atoms. The lowest BCUT2D eigenvalue weighted by Crippen LogP contribution is -2.16. The Balaban J connectivity index is 2.22. The van der Waals surface area contributed by atoms with Crippen molar-refractivity contribution in [1.82, 2.24) is 5.43 Å². The molecule has 1 aromatic heterocycles. The summed E-state index contributed by atoms with van der Waals surface area (Å²) < 4.78 is 4.85. The van der Waals surface area contributed by atoms with E-state index in [9.17, 15) is 14.9 Å². The van der Waals surface area contributed by atoms with Crippen molar-refractivity contribution >= 4 is 18.0 Å². The summed E-state index contributed by atoms with van der Waals surface area (Å²) in [6, 6.07) is 2.65. The summed E-state index contributed by atoms with van der Waals surface area (Å²) in [4.78, 5) is 21.2. The van der Waals surface area contributed by atoms with E-state index >= 15 is 0 Å². The average molecular weight is 281 g/mol. The number of furan rings is 1. The van der Waals surface area contributed by atoms with Crippen molar-refractivity contribution < 1.29 is 14.1 Å². The van der Waals surface area contributed by atoms with Crippen molar-refractivity contribution in [2.45, 2.75) is 45.4 Å². The van der Waals surface area contributed by atoms with Crippen LogP contribution in [0.1, 0.15) is 51.2 Å². The fraction of sp³-hybridized carbons (Fsp3) is 0.538. The van der Waals surface area contributed by atoms with Gasteiger partial charge in [-0.1, -0.05) is 32.6 Å². The third-order valence-corrected chi connectivity index (χ3v) is 2.68. The van der Waals surface area contributed by atoms with Crippen LogP contribution in [0.3, 0.4) is 0 Å². The van der Waals surface area contributed by atoms with E-state index < -0.39 is 4.92 Å². The highest BCUT2D eigenvalue weighted by Gasteiger charge is 2.10. The van der Waals surface area contributed by atoms with Crippen molar-refractivity contribution in [1.29, 1.82) is 0 Å². The first-order chi connectivity index (χ1) is 9.63. The summed E-state index contributed by atoms with van der Waals surface area (Å²) in [5.41, 5.74) is 2.36. The zero-order valence-electron chi connectivity index (χ0n) is 11.5. The predicted octanol–water partition coefficient (Wildman–Crippen LogP) is 3.00. The van der Waals surface area contributed by atoms with E-state index in [1.807, 2.05) is 0 Å². The minimum absolute atomic E-state index is 0.168. The molecule has 1 aromatic rings. The number of hydrogen-bond acceptors (Lipinski definition) is 5. The Morgan fingerprint density at radius 1 is 1.40 bits per heavy atom. The van der Waals surface area contributed by atoms with E-state index in [4.69, 9.17) is 4.42 Å². The molecule has 0 saturated carbocycles. The third kappa shape index (κ3) is 6.12. The van der Waals surface area contributed by atoms with Crippen molar-refractivity contribution in [3.63, 3.8) is 0 Å². The first-order valence-electron chi connectivity index (χ1n) is 6.69. The van der Waals surface area contributed by atoms with Crippen LogP contribution in [0.4, 0.5) is 5.88 Å². The van der Waals surface area contributed by atoms with Crippen molar-refractivity contribution in [3.05, 3.63) is 28.0 Å². The Hall–Kier alpha value is -2.18. The fourth-order valence-electron chi connectivity index (χ4n) is 1.62. The second-order valence-corrected chi connectivity index (χ2v) is 4.39. The lowest BCUT2D eigenvalue weighted by molar-refractivity contribution is -0.402. The van der Waals surface area contributed by atoms with Gasteiger partial charge in [0.15, 0.2) is 5.76 Å². The fourth-order valence-corrected chi connectivity index (χ4v) is 1.62. The molecular formula is C13H19N3O4. The van der Waals surface area contributed by atoms with Crippen molar-refractivity contribution in [2.24, 2.45) is 5.10 Å². The molecule has 0 radical (unpaired) electrons. The number of nitrogens with one attached hydrogen (secondary N) is 1. The molecule has 0 spiro atoms. The van der Waals surface area contributed by atoms with E-state index in [2.05, 4.69) is 17.5 Å². The quantitative estimate of drug-likeness (QED) is 0.325. The topological polar surface area (TPSA) is 97.7 Å². The van der Waals surface area contributed by atoms with Crippen molar-refractivity contribution in [2.75, 3.05) is 0 Å². The Morgan fingerprint density at radius 3 is 2.80 bits per heavy atom. The predicted molar refractivity (Wildman–Crippen MR) is 74.5 cm³/mol. The number of amides is 1. The largest absolute Gasteiger partial charge is 0.433 e. The molecular weight excluding hydrogens is 262 g/mol. The lowest BCUT2D eigenvalue weighted by atomic mass is 10.1. The van der Waals surface area contributed by atoms with Crippen LogP contribution in [0.5, 0.6) is 0 Å². The van der Waals surface area contributed by atoms with Crippen LogP contribution in [0.25, 0.3) is 0 Å². The monoisotopic (exact) mass is 281 g/mol. The van der Waals surface area contributed by atoms with Gasteiger partial charge < -0.3 is 4.42 Å². The molecule has 1 rings (SSSR count). The first-order valence-corrected chi connectivity index (χ1v) is 6.69. The van der Waals surface area contributed by atoms with Crippen molar-refractivity contribution in [3.8, 4) is 0 Å². The molecule has 0 aromatic carbocycles. The van der Waals surface area contributed by atoms with Gasteiger partial charge in [0.2, 0.25) is 5.91 Å². The third-order valence-electron chi connectivity index (χ3n) is 2.68. The first kappa shape index (κ1) is 15.9. The molecule has 7 nitrogen and oxygen atoms in total. The van der Waals surface area contributed by atoms with Gasteiger partial charge in [-0.05, 0) is 12.5 Å². The van der Waals surface area contributed by atoms with Crippen LogP contribution in [0.15, 0.2) is 21.7 Å². The summed E-state index contributed by atoms with van der Waals surface area (Å²) in [6.45, 7) is 2.14. The maximum absolute atomic E-state index is 11.4. The molecule has 0 saturated heterocycles. The second kappa shape index (κ2) is 8.84. The second-order valence-electron chi connectivity index (χ2n) is 4.39. The van der Waals surface area contributed by atoms with Gasteiger partial charge in [0, 0.05) is 6.42 Å². The maximum Gasteiger partial charge on any atom is 0.433 e. The number of rotatable bonds is 9. The molecule has 0 unspecified atom stereocenters. The van der Waals surface area contributed by atoms with E-state index in [-0.39, 0.29) is 17.6 Å². The van der Waals surface area contributed by atoms with Gasteiger partial charge in [0.1, 0.15) is 4.92 Å². The Labute approximate surface area is 117 Å². The highest BCUT2D eigenvalue weighted by atomic mass is 16.6. The summed E-state index contributed by atoms with van der Waals surface area (Å²) >= 11 is 0. The smallest absolute Gasteiger partial charge is 0.400 e. The molecule has 0 aliphatic rings. The lowest BCUT2D eigenvalue weighted by Gasteiger charge is -1.99. The summed E-state index contributed by atoms with van der Waals surface area (Å²) in [5, 5.41) is 14.1. The number of carbonyl (C=O) groups is 1. The molecule has 0 bridgehead atoms. The van der Waals surface area contributed by atoms with Gasteiger partial charge in [-0.25, -0.2) is 5.43 Å². The number of unbranched alkanes of at least 4 members (excludes halogenated alkanes) is 4. The highest BCUT2D eigenvalue weighted by Crippen LogP contribution is 2.13. The van der Waals surface area contributed by atoms with E-state index in [0.717, 1.165) is 19.3 Å². The average Bonchev–Trinajstić information content (AvgIpc) is 2.87. The minimum Gasteiger partial charge on any atom is -0.400 e. The molecule has 1 amide bonds. The van der Waals surface area contributed by atoms with Crippen LogP contribution >= 0.6 is 0 Å². The van der Waals surface area contributed by atoms with Crippen LogP contribution in [0, 0.1) is 10.1 Å². The molecule has 1 N–H and O–H groups in total. The number of nitro groups is 1. The van der Waals surface area contributed by atoms with Gasteiger partial charge in [-0.3, -0.25) is 14.9 Å². The van der Waals surface area contributed by atoms with Crippen LogP contribution in [0.2, 0.25) is 0 Å². The summed E-state index contributed by atoms with van der Waals surface area (Å²) in [6.07, 6.45) is 7.05. The molecule has 0 aliphatic heterocycles. The molecule has 110 valence electrons. The van der Waals surface area contributed by atoms with Crippen LogP contribution < -0.4 is 5.43 Å². The molecule has 0 aliphatic carbocycles. The highest BCUT2D eigenvalue weighted by molar-refractivity contribution is 5.80. The Morgan fingerprint density at radius 2 is 2.15 bits per heavy atom. The standard InChI is InChI=1S/C13H19N3O4/c1-2-3-4-5-6-7-12(17)15-14-10-11-8-9-13(20-11)16(18)19/h8-10H,2-7H2,1H3,(H,15,17)/b14-10-. The zero-order chi connectivity index (χ0) is 14.8. The molecule has 1 heterocycles. The van der Waals surface area contributed by atoms with Gasteiger partial charge in [-0.2, -0.15) is 5.10 Å². The van der Waals surface area contributed by atoms with Gasteiger partial charge in [0.05, 0.1) is 12.3 Å². The van der Waals surface area contributed by atoms with E-state index in [0.29, 0.717) is 6.42 Å². The maximum atomic E-state index is 11.4. The van der Waals surface area contributed by atoms with Crippen LogP contribution in [-0.4, -0.2) is 17.0 Å². The Bertz CT molecular complexity index is 468. The normalized spacial score (nSPS) is 10.8. The number of carbonyl (C=O) groups excluding carboxylic acids is 1. The minimum atomic E-state index is -0.633. The zero-order valence-corrected chi connectivity index (χ0v) is 11.5. The molecule has 0 fully saturated rings. The van der Waals surface area contributed by atoms with Gasteiger partial charge in [0.25, 0.3) is 0 Å². The van der Waals surface area contributed by atoms with Crippen LogP contribution in [-0.2, 0) is 4.79 Å². The van der Waals surface area contributed by atoms with Gasteiger partial charge in [-0.15, -0.1) is 0 Å².